The zero-order chi connectivity index (χ0) is 22.3. The predicted octanol–water partition coefficient (Wildman–Crippen LogP) is 3.38. The second-order valence-electron chi connectivity index (χ2n) is 8.22. The number of nitrogens with zero attached hydrogens (tertiary/aromatic N) is 5. The van der Waals surface area contributed by atoms with Crippen LogP contribution >= 0.6 is 0 Å². The van der Waals surface area contributed by atoms with Gasteiger partial charge >= 0.3 is 0 Å². The Morgan fingerprint density at radius 3 is 2.53 bits per heavy atom. The number of amides is 1. The van der Waals surface area contributed by atoms with E-state index in [4.69, 9.17) is 10.5 Å². The molecule has 9 nitrogen and oxygen atoms in total. The van der Waals surface area contributed by atoms with E-state index in [0.29, 0.717) is 34.6 Å². The summed E-state index contributed by atoms with van der Waals surface area (Å²) in [6.45, 7) is 2.65. The third kappa shape index (κ3) is 3.36. The molecule has 1 amide bonds. The maximum Gasteiger partial charge on any atom is 0.258 e. The molecule has 3 aromatic heterocycles. The average molecular weight is 429 g/mol. The Morgan fingerprint density at radius 2 is 1.88 bits per heavy atom. The number of nitrogen functional groups attached to an aromatic ring is 1. The van der Waals surface area contributed by atoms with Crippen molar-refractivity contribution in [3.8, 4) is 11.3 Å². The largest absolute Gasteiger partial charge is 0.383 e. The average Bonchev–Trinajstić information content (AvgIpc) is 3.43. The highest BCUT2D eigenvalue weighted by Gasteiger charge is 2.44. The van der Waals surface area contributed by atoms with Gasteiger partial charge in [-0.2, -0.15) is 0 Å². The van der Waals surface area contributed by atoms with Gasteiger partial charge in [0.05, 0.1) is 23.3 Å². The summed E-state index contributed by atoms with van der Waals surface area (Å²) >= 11 is 0. The second-order valence-corrected chi connectivity index (χ2v) is 8.22. The van der Waals surface area contributed by atoms with E-state index in [0.717, 1.165) is 24.0 Å². The Bertz CT molecular complexity index is 1300. The van der Waals surface area contributed by atoms with E-state index in [-0.39, 0.29) is 17.3 Å². The van der Waals surface area contributed by atoms with E-state index < -0.39 is 0 Å². The second kappa shape index (κ2) is 7.69. The van der Waals surface area contributed by atoms with E-state index in [1.165, 1.54) is 12.7 Å². The number of fused-ring (bicyclic) bond motifs is 1. The zero-order valence-electron chi connectivity index (χ0n) is 17.9. The summed E-state index contributed by atoms with van der Waals surface area (Å²) < 4.78 is 7.25. The number of carbonyl (C=O) groups is 1. The number of methoxy groups -OCH3 is 1. The van der Waals surface area contributed by atoms with Crippen LogP contribution in [-0.4, -0.2) is 37.5 Å². The molecule has 4 aromatic rings. The summed E-state index contributed by atoms with van der Waals surface area (Å²) in [6.07, 6.45) is 8.24. The molecule has 1 saturated carbocycles. The summed E-state index contributed by atoms with van der Waals surface area (Å²) in [5, 5.41) is 3.53. The number of hydrogen-bond acceptors (Lipinski definition) is 7. The van der Waals surface area contributed by atoms with Gasteiger partial charge in [0.2, 0.25) is 0 Å². The predicted molar refractivity (Wildman–Crippen MR) is 121 cm³/mol. The molecule has 5 rings (SSSR count). The molecule has 1 aliphatic carbocycles. The minimum atomic E-state index is -0.294. The van der Waals surface area contributed by atoms with Gasteiger partial charge in [-0.25, -0.2) is 19.9 Å². The van der Waals surface area contributed by atoms with E-state index >= 15 is 0 Å². The van der Waals surface area contributed by atoms with Crippen LogP contribution in [0.2, 0.25) is 0 Å². The maximum absolute atomic E-state index is 13.6. The molecular formula is C23H23N7O2. The molecule has 1 aromatic carbocycles. The van der Waals surface area contributed by atoms with Gasteiger partial charge in [-0.1, -0.05) is 12.1 Å². The van der Waals surface area contributed by atoms with E-state index in [9.17, 15) is 4.79 Å². The summed E-state index contributed by atoms with van der Waals surface area (Å²) in [6, 6.07) is 7.52. The van der Waals surface area contributed by atoms with Crippen molar-refractivity contribution in [1.82, 2.24) is 24.5 Å². The molecule has 3 N–H and O–H groups in total. The molecule has 0 saturated heterocycles. The van der Waals surface area contributed by atoms with Crippen molar-refractivity contribution >= 4 is 28.4 Å². The fourth-order valence-electron chi connectivity index (χ4n) is 4.03. The van der Waals surface area contributed by atoms with Gasteiger partial charge < -0.3 is 20.4 Å². The van der Waals surface area contributed by atoms with Crippen LogP contribution < -0.4 is 11.1 Å². The standard InChI is InChI=1S/C23H23N7O2/c1-23(7-8-23)30-19(15-9-25-12-26-10-15)17(18-20(24)27-13-28-21(18)30)22(31)29-16-5-3-14(4-6-16)11-32-2/h3-6,9-10,12-13H,7-8,11H2,1-2H3,(H,29,31)(H2,24,27,28). The quantitative estimate of drug-likeness (QED) is 0.482. The molecule has 1 fully saturated rings. The lowest BCUT2D eigenvalue weighted by Gasteiger charge is -2.17. The highest BCUT2D eigenvalue weighted by atomic mass is 16.5. The summed E-state index contributed by atoms with van der Waals surface area (Å²) in [4.78, 5) is 30.7. The number of carbonyl (C=O) groups excluding carboxylic acids is 1. The monoisotopic (exact) mass is 429 g/mol. The number of nitrogens with two attached hydrogens (primary N) is 1. The molecule has 3 heterocycles. The van der Waals surface area contributed by atoms with Crippen LogP contribution in [-0.2, 0) is 16.9 Å². The Hall–Kier alpha value is -3.85. The molecule has 0 unspecified atom stereocenters. The van der Waals surface area contributed by atoms with Gasteiger partial charge in [0.1, 0.15) is 24.1 Å². The molecule has 0 spiro atoms. The SMILES string of the molecule is COCc1ccc(NC(=O)c2c(-c3cncnc3)n(C3(C)CC3)c3ncnc(N)c23)cc1. The third-order valence-electron chi connectivity index (χ3n) is 5.88. The lowest BCUT2D eigenvalue weighted by atomic mass is 10.1. The van der Waals surface area contributed by atoms with Crippen molar-refractivity contribution in [3.63, 3.8) is 0 Å². The topological polar surface area (TPSA) is 121 Å². The van der Waals surface area contributed by atoms with Crippen LogP contribution in [0.3, 0.4) is 0 Å². The molecule has 0 bridgehead atoms. The van der Waals surface area contributed by atoms with Gasteiger partial charge in [-0.15, -0.1) is 0 Å². The van der Waals surface area contributed by atoms with Crippen LogP contribution in [0.25, 0.3) is 22.3 Å². The van der Waals surface area contributed by atoms with Gasteiger partial charge in [-0.05, 0) is 37.5 Å². The van der Waals surface area contributed by atoms with Crippen molar-refractivity contribution in [1.29, 1.82) is 0 Å². The summed E-state index contributed by atoms with van der Waals surface area (Å²) in [5.74, 6) is -0.0328. The lowest BCUT2D eigenvalue weighted by molar-refractivity contribution is 0.102. The Balaban J connectivity index is 1.69. The van der Waals surface area contributed by atoms with Gasteiger partial charge in [0.25, 0.3) is 5.91 Å². The number of ether oxygens (including phenoxy) is 1. The first-order valence-corrected chi connectivity index (χ1v) is 10.3. The first kappa shape index (κ1) is 20.1. The fraction of sp³-hybridized carbons (Fsp3) is 0.261. The Kier molecular flexibility index (Phi) is 4.82. The van der Waals surface area contributed by atoms with Crippen molar-refractivity contribution in [2.24, 2.45) is 0 Å². The number of anilines is 2. The van der Waals surface area contributed by atoms with Crippen molar-refractivity contribution in [3.05, 3.63) is 60.4 Å². The van der Waals surface area contributed by atoms with Gasteiger partial charge in [-0.3, -0.25) is 4.79 Å². The highest BCUT2D eigenvalue weighted by molar-refractivity contribution is 6.19. The molecule has 9 heteroatoms. The number of hydrogen-bond donors (Lipinski definition) is 2. The van der Waals surface area contributed by atoms with Crippen LogP contribution in [0.1, 0.15) is 35.7 Å². The minimum absolute atomic E-state index is 0.162. The summed E-state index contributed by atoms with van der Waals surface area (Å²) in [7, 11) is 1.65. The van der Waals surface area contributed by atoms with E-state index in [2.05, 4.69) is 36.7 Å². The molecule has 0 radical (unpaired) electrons. The number of aromatic nitrogens is 5. The first-order valence-electron chi connectivity index (χ1n) is 10.3. The Morgan fingerprint density at radius 1 is 1.16 bits per heavy atom. The van der Waals surface area contributed by atoms with Crippen molar-refractivity contribution in [2.75, 3.05) is 18.2 Å². The van der Waals surface area contributed by atoms with Gasteiger partial charge in [0.15, 0.2) is 0 Å². The molecule has 1 aliphatic rings. The zero-order valence-corrected chi connectivity index (χ0v) is 17.9. The van der Waals surface area contributed by atoms with E-state index in [1.54, 1.807) is 19.5 Å². The Labute approximate surface area is 184 Å². The third-order valence-corrected chi connectivity index (χ3v) is 5.88. The van der Waals surface area contributed by atoms with Crippen LogP contribution in [0, 0.1) is 0 Å². The maximum atomic E-state index is 13.6. The fourth-order valence-corrected chi connectivity index (χ4v) is 4.03. The normalized spacial score (nSPS) is 14.4. The smallest absolute Gasteiger partial charge is 0.258 e. The van der Waals surface area contributed by atoms with Crippen LogP contribution in [0.15, 0.2) is 49.3 Å². The highest BCUT2D eigenvalue weighted by Crippen LogP contribution is 2.49. The number of rotatable bonds is 6. The van der Waals surface area contributed by atoms with Crippen LogP contribution in [0.5, 0.6) is 0 Å². The lowest BCUT2D eigenvalue weighted by Crippen LogP contribution is -2.17. The number of nitrogens with one attached hydrogen (secondary N) is 1. The molecule has 32 heavy (non-hydrogen) atoms. The molecule has 0 aliphatic heterocycles. The molecule has 162 valence electrons. The van der Waals surface area contributed by atoms with Crippen molar-refractivity contribution < 1.29 is 9.53 Å². The molecular weight excluding hydrogens is 406 g/mol. The van der Waals surface area contributed by atoms with E-state index in [1.807, 2.05) is 24.3 Å². The first-order chi connectivity index (χ1) is 15.5. The molecule has 0 atom stereocenters. The van der Waals surface area contributed by atoms with Crippen molar-refractivity contribution in [2.45, 2.75) is 31.9 Å². The van der Waals surface area contributed by atoms with Crippen LogP contribution in [0.4, 0.5) is 11.5 Å². The minimum Gasteiger partial charge on any atom is -0.383 e. The van der Waals surface area contributed by atoms with Gasteiger partial charge in [0, 0.05) is 36.3 Å². The number of benzene rings is 1. The summed E-state index contributed by atoms with van der Waals surface area (Å²) in [5.41, 5.74) is 10.3.